The minimum absolute atomic E-state index is 0.281. The second kappa shape index (κ2) is 9.97. The van der Waals surface area contributed by atoms with Crippen molar-refractivity contribution in [1.82, 2.24) is 0 Å². The van der Waals surface area contributed by atoms with Gasteiger partial charge in [-0.2, -0.15) is 0 Å². The van der Waals surface area contributed by atoms with E-state index in [4.69, 9.17) is 9.47 Å². The number of ether oxygens (including phenoxy) is 2. The summed E-state index contributed by atoms with van der Waals surface area (Å²) in [5.41, 5.74) is 0.867. The first-order valence-electron chi connectivity index (χ1n) is 9.08. The van der Waals surface area contributed by atoms with E-state index in [1.54, 1.807) is 61.5 Å². The summed E-state index contributed by atoms with van der Waals surface area (Å²) in [4.78, 5) is 13.0. The number of sulfonamides is 1. The second-order valence-electron chi connectivity index (χ2n) is 6.30. The van der Waals surface area contributed by atoms with Crippen LogP contribution < -0.4 is 19.1 Å². The first-order valence-corrected chi connectivity index (χ1v) is 10.9. The van der Waals surface area contributed by atoms with E-state index in [9.17, 15) is 13.2 Å². The number of nitrogens with zero attached hydrogens (tertiary/aromatic N) is 1. The van der Waals surface area contributed by atoms with Crippen molar-refractivity contribution in [2.24, 2.45) is 0 Å². The van der Waals surface area contributed by atoms with Gasteiger partial charge in [-0.25, -0.2) is 8.42 Å². The molecule has 2 aromatic rings. The van der Waals surface area contributed by atoms with Crippen molar-refractivity contribution in [2.45, 2.75) is 19.4 Å². The number of anilines is 2. The average Bonchev–Trinajstić information content (AvgIpc) is 2.69. The van der Waals surface area contributed by atoms with Gasteiger partial charge in [0.05, 0.1) is 19.1 Å². The normalized spacial score (nSPS) is 12.0. The zero-order valence-corrected chi connectivity index (χ0v) is 17.6. The molecule has 0 bridgehead atoms. The van der Waals surface area contributed by atoms with Gasteiger partial charge in [0, 0.05) is 17.8 Å². The highest BCUT2D eigenvalue weighted by Gasteiger charge is 2.31. The van der Waals surface area contributed by atoms with Gasteiger partial charge in [-0.3, -0.25) is 9.10 Å². The molecule has 1 amide bonds. The fourth-order valence-electron chi connectivity index (χ4n) is 2.85. The molecule has 1 N–H and O–H groups in total. The van der Waals surface area contributed by atoms with Crippen LogP contribution in [0, 0.1) is 0 Å². The van der Waals surface area contributed by atoms with Crippen LogP contribution >= 0.6 is 0 Å². The van der Waals surface area contributed by atoms with E-state index in [0.717, 1.165) is 10.6 Å². The summed E-state index contributed by atoms with van der Waals surface area (Å²) >= 11 is 0. The number of methoxy groups -OCH3 is 1. The molecule has 0 heterocycles. The maximum absolute atomic E-state index is 13.0. The summed E-state index contributed by atoms with van der Waals surface area (Å²) in [6, 6.07) is 12.5. The van der Waals surface area contributed by atoms with E-state index < -0.39 is 22.0 Å². The zero-order valence-electron chi connectivity index (χ0n) is 16.8. The van der Waals surface area contributed by atoms with Crippen LogP contribution in [-0.4, -0.2) is 40.3 Å². The van der Waals surface area contributed by atoms with Gasteiger partial charge in [-0.05, 0) is 30.7 Å². The molecular weight excluding hydrogens is 392 g/mol. The van der Waals surface area contributed by atoms with E-state index in [1.807, 2.05) is 0 Å². The molecule has 0 aliphatic carbocycles. The van der Waals surface area contributed by atoms with Crippen LogP contribution in [0.15, 0.2) is 61.2 Å². The van der Waals surface area contributed by atoms with E-state index in [2.05, 4.69) is 11.9 Å². The quantitative estimate of drug-likeness (QED) is 0.598. The Morgan fingerprint density at radius 2 is 1.90 bits per heavy atom. The Morgan fingerprint density at radius 3 is 2.52 bits per heavy atom. The molecule has 0 aliphatic heterocycles. The van der Waals surface area contributed by atoms with Gasteiger partial charge < -0.3 is 14.8 Å². The molecule has 0 aromatic heterocycles. The third-order valence-electron chi connectivity index (χ3n) is 4.11. The van der Waals surface area contributed by atoms with Crippen molar-refractivity contribution in [3.8, 4) is 11.5 Å². The molecule has 0 fully saturated rings. The van der Waals surface area contributed by atoms with E-state index in [0.29, 0.717) is 29.5 Å². The summed E-state index contributed by atoms with van der Waals surface area (Å²) < 4.78 is 36.8. The van der Waals surface area contributed by atoms with Gasteiger partial charge in [0.25, 0.3) is 0 Å². The Bertz CT molecular complexity index is 959. The Morgan fingerprint density at radius 1 is 1.21 bits per heavy atom. The fraction of sp³-hybridized carbons (Fsp3) is 0.286. The van der Waals surface area contributed by atoms with Crippen LogP contribution in [0.3, 0.4) is 0 Å². The smallest absolute Gasteiger partial charge is 0.248 e. The van der Waals surface area contributed by atoms with Crippen molar-refractivity contribution in [1.29, 1.82) is 0 Å². The van der Waals surface area contributed by atoms with Gasteiger partial charge in [0.2, 0.25) is 15.9 Å². The molecule has 0 saturated heterocycles. The van der Waals surface area contributed by atoms with Crippen LogP contribution in [-0.2, 0) is 14.8 Å². The Labute approximate surface area is 172 Å². The molecule has 1 unspecified atom stereocenters. The molecule has 29 heavy (non-hydrogen) atoms. The van der Waals surface area contributed by atoms with Crippen molar-refractivity contribution < 1.29 is 22.7 Å². The summed E-state index contributed by atoms with van der Waals surface area (Å²) in [5.74, 6) is 0.628. The number of rotatable bonds is 10. The molecule has 2 rings (SSSR count). The summed E-state index contributed by atoms with van der Waals surface area (Å²) in [5, 5.41) is 2.78. The molecule has 0 radical (unpaired) electrons. The second-order valence-corrected chi connectivity index (χ2v) is 8.16. The summed E-state index contributed by atoms with van der Waals surface area (Å²) in [6.07, 6.45) is 2.98. The number of nitrogens with one attached hydrogen (secondary N) is 1. The van der Waals surface area contributed by atoms with Crippen LogP contribution in [0.25, 0.3) is 0 Å². The third-order valence-corrected chi connectivity index (χ3v) is 5.29. The fourth-order valence-corrected chi connectivity index (χ4v) is 4.06. The van der Waals surface area contributed by atoms with Crippen molar-refractivity contribution >= 4 is 27.3 Å². The topological polar surface area (TPSA) is 84.9 Å². The summed E-state index contributed by atoms with van der Waals surface area (Å²) in [7, 11) is -2.24. The molecule has 0 saturated carbocycles. The van der Waals surface area contributed by atoms with Crippen molar-refractivity contribution in [2.75, 3.05) is 29.6 Å². The molecule has 0 spiro atoms. The summed E-state index contributed by atoms with van der Waals surface area (Å²) in [6.45, 7) is 5.69. The van der Waals surface area contributed by atoms with Gasteiger partial charge in [0.1, 0.15) is 24.1 Å². The Balaban J connectivity index is 2.32. The molecule has 1 atom stereocenters. The van der Waals surface area contributed by atoms with Crippen LogP contribution in [0.1, 0.15) is 13.3 Å². The molecule has 7 nitrogen and oxygen atoms in total. The molecule has 8 heteroatoms. The highest BCUT2D eigenvalue weighted by atomic mass is 32.2. The predicted octanol–water partition coefficient (Wildman–Crippen LogP) is 3.44. The van der Waals surface area contributed by atoms with E-state index in [-0.39, 0.29) is 6.42 Å². The minimum Gasteiger partial charge on any atom is -0.497 e. The van der Waals surface area contributed by atoms with Crippen molar-refractivity contribution in [3.05, 3.63) is 61.2 Å². The maximum Gasteiger partial charge on any atom is 0.248 e. The third kappa shape index (κ3) is 5.99. The highest BCUT2D eigenvalue weighted by Crippen LogP contribution is 2.27. The van der Waals surface area contributed by atoms with Crippen molar-refractivity contribution in [3.63, 3.8) is 0 Å². The minimum atomic E-state index is -3.73. The number of hydrogen-bond donors (Lipinski definition) is 1. The van der Waals surface area contributed by atoms with E-state index in [1.165, 1.54) is 7.11 Å². The average molecular weight is 419 g/mol. The lowest BCUT2D eigenvalue weighted by atomic mass is 10.1. The highest BCUT2D eigenvalue weighted by molar-refractivity contribution is 7.92. The lowest BCUT2D eigenvalue weighted by Gasteiger charge is -2.30. The molecule has 2 aromatic carbocycles. The monoisotopic (exact) mass is 418 g/mol. The molecule has 0 aliphatic rings. The standard InChI is InChI=1S/C21H26N2O5S/c1-5-13-28-19-12-7-9-16(14-19)22-21(24)20(6-2)23(29(4,25)26)17-10-8-11-18(15-17)27-3/h5,7-12,14-15,20H,1,6,13H2,2-4H3,(H,22,24). The van der Waals surface area contributed by atoms with E-state index >= 15 is 0 Å². The maximum atomic E-state index is 13.0. The number of benzene rings is 2. The van der Waals surface area contributed by atoms with Gasteiger partial charge in [-0.15, -0.1) is 0 Å². The lowest BCUT2D eigenvalue weighted by Crippen LogP contribution is -2.47. The Kier molecular flexibility index (Phi) is 7.67. The lowest BCUT2D eigenvalue weighted by molar-refractivity contribution is -0.117. The zero-order chi connectivity index (χ0) is 21.4. The predicted molar refractivity (Wildman–Crippen MR) is 115 cm³/mol. The SMILES string of the molecule is C=CCOc1cccc(NC(=O)C(CC)N(c2cccc(OC)c2)S(C)(=O)=O)c1. The number of carbonyl (C=O) groups is 1. The van der Waals surface area contributed by atoms with Crippen LogP contribution in [0.5, 0.6) is 11.5 Å². The largest absolute Gasteiger partial charge is 0.497 e. The Hall–Kier alpha value is -3.00. The first-order chi connectivity index (χ1) is 13.8. The van der Waals surface area contributed by atoms with Gasteiger partial charge in [-0.1, -0.05) is 31.7 Å². The van der Waals surface area contributed by atoms with Crippen LogP contribution in [0.2, 0.25) is 0 Å². The molecular formula is C21H26N2O5S. The first kappa shape index (κ1) is 22.3. The van der Waals surface area contributed by atoms with Crippen LogP contribution in [0.4, 0.5) is 11.4 Å². The molecule has 156 valence electrons. The number of hydrogen-bond acceptors (Lipinski definition) is 5. The van der Waals surface area contributed by atoms with Gasteiger partial charge >= 0.3 is 0 Å². The number of carbonyl (C=O) groups excluding carboxylic acids is 1. The van der Waals surface area contributed by atoms with Gasteiger partial charge in [0.15, 0.2) is 0 Å². The number of amides is 1.